The van der Waals surface area contributed by atoms with E-state index in [-0.39, 0.29) is 0 Å². The molecule has 0 fully saturated rings. The van der Waals surface area contributed by atoms with Crippen molar-refractivity contribution in [2.45, 2.75) is 0 Å². The molecule has 6 heteroatoms. The van der Waals surface area contributed by atoms with Crippen LogP contribution in [0.3, 0.4) is 0 Å². The Hall–Kier alpha value is -7.70. The molecule has 0 aliphatic heterocycles. The lowest BCUT2D eigenvalue weighted by Crippen LogP contribution is -2.06. The molecular weight excluding hydrogens is 687 g/mol. The minimum absolute atomic E-state index is 0.599. The summed E-state index contributed by atoms with van der Waals surface area (Å²) in [5.41, 5.74) is 10.1. The Kier molecular flexibility index (Phi) is 5.18. The van der Waals surface area contributed by atoms with Gasteiger partial charge in [-0.05, 0) is 65.4 Å². The highest BCUT2D eigenvalue weighted by Crippen LogP contribution is 2.48. The van der Waals surface area contributed by atoms with Crippen LogP contribution in [0.5, 0.6) is 0 Å². The summed E-state index contributed by atoms with van der Waals surface area (Å²) in [5, 5.41) is 13.0. The maximum atomic E-state index is 6.81. The summed E-state index contributed by atoms with van der Waals surface area (Å²) in [6, 6.07) is 58.6. The number of fused-ring (bicyclic) bond motifs is 17. The van der Waals surface area contributed by atoms with E-state index in [0.717, 1.165) is 49.3 Å². The Bertz CT molecular complexity index is 3960. The number of aromatic nitrogens is 5. The average molecular weight is 714 g/mol. The lowest BCUT2D eigenvalue weighted by atomic mass is 10.0. The number of hydrogen-bond donors (Lipinski definition) is 0. The highest BCUT2D eigenvalue weighted by Gasteiger charge is 2.27. The van der Waals surface area contributed by atoms with E-state index in [0.29, 0.717) is 17.3 Å². The predicted molar refractivity (Wildman–Crippen MR) is 230 cm³/mol. The van der Waals surface area contributed by atoms with E-state index in [1.165, 1.54) is 59.6 Å². The van der Waals surface area contributed by atoms with E-state index in [9.17, 15) is 0 Å². The van der Waals surface area contributed by atoms with Crippen molar-refractivity contribution in [1.82, 2.24) is 23.5 Å². The summed E-state index contributed by atoms with van der Waals surface area (Å²) < 4.78 is 13.8. The first-order valence-electron chi connectivity index (χ1n) is 19.0. The van der Waals surface area contributed by atoms with Gasteiger partial charge in [0.1, 0.15) is 11.1 Å². The number of para-hydroxylation sites is 5. The van der Waals surface area contributed by atoms with E-state index in [1.54, 1.807) is 0 Å². The van der Waals surface area contributed by atoms with Gasteiger partial charge in [-0.15, -0.1) is 0 Å². The number of furan rings is 1. The van der Waals surface area contributed by atoms with Crippen LogP contribution >= 0.6 is 0 Å². The van der Waals surface area contributed by atoms with Gasteiger partial charge in [-0.1, -0.05) is 109 Å². The molecule has 56 heavy (non-hydrogen) atoms. The fourth-order valence-electron chi connectivity index (χ4n) is 9.88. The molecular formula is C50H27N5O. The molecule has 0 unspecified atom stereocenters. The Morgan fingerprint density at radius 2 is 0.964 bits per heavy atom. The first-order chi connectivity index (χ1) is 27.8. The fraction of sp³-hybridized carbons (Fsp3) is 0. The molecule has 0 aliphatic rings. The van der Waals surface area contributed by atoms with Crippen LogP contribution in [0.4, 0.5) is 0 Å². The van der Waals surface area contributed by atoms with Gasteiger partial charge < -0.3 is 8.82 Å². The first kappa shape index (κ1) is 28.8. The van der Waals surface area contributed by atoms with Crippen molar-refractivity contribution in [3.05, 3.63) is 164 Å². The van der Waals surface area contributed by atoms with Crippen molar-refractivity contribution in [1.29, 1.82) is 0 Å². The highest BCUT2D eigenvalue weighted by molar-refractivity contribution is 6.36. The molecule has 0 aliphatic carbocycles. The van der Waals surface area contributed by atoms with Gasteiger partial charge >= 0.3 is 0 Å². The van der Waals surface area contributed by atoms with Gasteiger partial charge in [-0.2, -0.15) is 4.98 Å². The van der Waals surface area contributed by atoms with Gasteiger partial charge in [0.2, 0.25) is 5.95 Å². The second kappa shape index (κ2) is 10.1. The topological polar surface area (TPSA) is 53.2 Å². The van der Waals surface area contributed by atoms with Crippen molar-refractivity contribution in [3.8, 4) is 11.8 Å². The third-order valence-corrected chi connectivity index (χ3v) is 12.1. The zero-order valence-electron chi connectivity index (χ0n) is 29.7. The van der Waals surface area contributed by atoms with Crippen LogP contribution in [0.1, 0.15) is 0 Å². The average Bonchev–Trinajstić information content (AvgIpc) is 4.04. The molecule has 0 atom stereocenters. The molecule has 0 saturated carbocycles. The van der Waals surface area contributed by atoms with Crippen LogP contribution in [0.15, 0.2) is 168 Å². The third-order valence-electron chi connectivity index (χ3n) is 12.1. The molecule has 0 radical (unpaired) electrons. The van der Waals surface area contributed by atoms with E-state index in [1.807, 2.05) is 12.1 Å². The van der Waals surface area contributed by atoms with Gasteiger partial charge in [-0.25, -0.2) is 4.98 Å². The molecule has 0 spiro atoms. The van der Waals surface area contributed by atoms with Crippen LogP contribution in [0, 0.1) is 0 Å². The normalized spacial score (nSPS) is 12.6. The van der Waals surface area contributed by atoms with Gasteiger partial charge in [0.15, 0.2) is 11.4 Å². The van der Waals surface area contributed by atoms with Crippen molar-refractivity contribution < 1.29 is 4.42 Å². The fourth-order valence-corrected chi connectivity index (χ4v) is 9.88. The lowest BCUT2D eigenvalue weighted by molar-refractivity contribution is 0.661. The van der Waals surface area contributed by atoms with Gasteiger partial charge in [-0.3, -0.25) is 9.13 Å². The smallest absolute Gasteiger partial charge is 0.237 e. The number of nitrogens with zero attached hydrogens (tertiary/aromatic N) is 5. The Labute approximate surface area is 317 Å². The summed E-state index contributed by atoms with van der Waals surface area (Å²) in [6.07, 6.45) is 0. The SMILES string of the molecule is c1ccc2cc3c(cc2c1)c1c2c4ccccc4n(-c4nc(-n5c6ccccc6c6ccccc65)nc5c4oc4ccccc45)c2cc2c4ccccc4n3c21. The molecule has 6 aromatic heterocycles. The standard InChI is InChI=1S/C50H27N5O/c1-2-14-29-26-41-36(25-28(29)13-1)45-44-33-18-6-11-23-40(33)54(42(44)27-35-32-17-5-8-20-37(32)53(41)47(35)45)49-48-46(34-19-7-12-24-43(34)56-48)51-50(52-49)55-38-21-9-3-15-30(38)31-16-4-10-22-39(31)55/h1-27H. The quantitative estimate of drug-likeness (QED) is 0.179. The number of rotatable bonds is 2. The van der Waals surface area contributed by atoms with E-state index in [4.69, 9.17) is 14.4 Å². The van der Waals surface area contributed by atoms with Crippen LogP contribution in [-0.4, -0.2) is 23.5 Å². The van der Waals surface area contributed by atoms with Crippen LogP contribution in [-0.2, 0) is 0 Å². The monoisotopic (exact) mass is 713 g/mol. The Morgan fingerprint density at radius 1 is 0.393 bits per heavy atom. The van der Waals surface area contributed by atoms with Crippen molar-refractivity contribution in [2.75, 3.05) is 0 Å². The van der Waals surface area contributed by atoms with Crippen LogP contribution < -0.4 is 0 Å². The summed E-state index contributed by atoms with van der Waals surface area (Å²) in [6.45, 7) is 0. The molecule has 0 N–H and O–H groups in total. The Morgan fingerprint density at radius 3 is 1.70 bits per heavy atom. The highest BCUT2D eigenvalue weighted by atomic mass is 16.3. The van der Waals surface area contributed by atoms with Crippen molar-refractivity contribution in [3.63, 3.8) is 0 Å². The maximum absolute atomic E-state index is 6.81. The van der Waals surface area contributed by atoms with Gasteiger partial charge in [0.25, 0.3) is 0 Å². The minimum atomic E-state index is 0.599. The lowest BCUT2D eigenvalue weighted by Gasteiger charge is -2.12. The van der Waals surface area contributed by atoms with Crippen molar-refractivity contribution >= 4 is 115 Å². The molecule has 0 bridgehead atoms. The maximum Gasteiger partial charge on any atom is 0.237 e. The first-order valence-corrected chi connectivity index (χ1v) is 19.0. The zero-order chi connectivity index (χ0) is 36.2. The third kappa shape index (κ3) is 3.44. The van der Waals surface area contributed by atoms with E-state index < -0.39 is 0 Å². The summed E-state index contributed by atoms with van der Waals surface area (Å²) in [4.78, 5) is 10.9. The van der Waals surface area contributed by atoms with E-state index >= 15 is 0 Å². The summed E-state index contributed by atoms with van der Waals surface area (Å²) >= 11 is 0. The number of hydrogen-bond acceptors (Lipinski definition) is 3. The largest absolute Gasteiger partial charge is 0.450 e. The predicted octanol–water partition coefficient (Wildman–Crippen LogP) is 12.9. The molecule has 8 aromatic carbocycles. The molecule has 258 valence electrons. The van der Waals surface area contributed by atoms with Crippen LogP contribution in [0.2, 0.25) is 0 Å². The second-order valence-corrected chi connectivity index (χ2v) is 15.0. The minimum Gasteiger partial charge on any atom is -0.450 e. The Balaban J connectivity index is 1.22. The molecule has 14 rings (SSSR count). The van der Waals surface area contributed by atoms with Crippen molar-refractivity contribution in [2.24, 2.45) is 0 Å². The van der Waals surface area contributed by atoms with Crippen LogP contribution in [0.25, 0.3) is 126 Å². The van der Waals surface area contributed by atoms with E-state index in [2.05, 4.69) is 165 Å². The number of benzene rings is 8. The molecule has 6 heterocycles. The second-order valence-electron chi connectivity index (χ2n) is 15.0. The summed E-state index contributed by atoms with van der Waals surface area (Å²) in [5.74, 6) is 1.31. The summed E-state index contributed by atoms with van der Waals surface area (Å²) in [7, 11) is 0. The molecule has 0 amide bonds. The molecule has 6 nitrogen and oxygen atoms in total. The van der Waals surface area contributed by atoms with Gasteiger partial charge in [0.05, 0.1) is 38.6 Å². The van der Waals surface area contributed by atoms with Gasteiger partial charge in [0, 0.05) is 48.5 Å². The molecule has 14 aromatic rings. The zero-order valence-corrected chi connectivity index (χ0v) is 29.7. The molecule has 0 saturated heterocycles.